The first kappa shape index (κ1) is 23.9. The van der Waals surface area contributed by atoms with Gasteiger partial charge < -0.3 is 14.8 Å². The molecule has 2 atom stereocenters. The van der Waals surface area contributed by atoms with E-state index in [0.29, 0.717) is 17.0 Å². The molecule has 1 aliphatic heterocycles. The van der Waals surface area contributed by atoms with Crippen LogP contribution in [0.5, 0.6) is 0 Å². The summed E-state index contributed by atoms with van der Waals surface area (Å²) in [6.45, 7) is 5.12. The van der Waals surface area contributed by atoms with Gasteiger partial charge in [-0.25, -0.2) is 9.59 Å². The van der Waals surface area contributed by atoms with E-state index < -0.39 is 28.9 Å². The van der Waals surface area contributed by atoms with Crippen LogP contribution in [0.25, 0.3) is 6.08 Å². The standard InChI is InChI=1S/C24H24N2O6S/c1-14(10-11-19-9-6-12-33-19)32-24(28)21-16(3)25-15(2)20(23(27)31-4)22(21)17-7-5-8-18(13-17)26(29)30/h5-14,22,25H,1-4H3. The number of rotatable bonds is 7. The van der Waals surface area contributed by atoms with Crippen LogP contribution in [-0.4, -0.2) is 30.1 Å². The third-order valence-corrected chi connectivity index (χ3v) is 6.01. The number of nitro benzene ring substituents is 1. The molecule has 0 bridgehead atoms. The predicted octanol–water partition coefficient (Wildman–Crippen LogP) is 4.71. The van der Waals surface area contributed by atoms with Crippen molar-refractivity contribution >= 4 is 35.0 Å². The first-order valence-corrected chi connectivity index (χ1v) is 11.0. The Hall–Kier alpha value is -3.72. The summed E-state index contributed by atoms with van der Waals surface area (Å²) in [6.07, 6.45) is 3.09. The minimum Gasteiger partial charge on any atom is -0.466 e. The second kappa shape index (κ2) is 10.3. The summed E-state index contributed by atoms with van der Waals surface area (Å²) < 4.78 is 10.6. The maximum atomic E-state index is 13.3. The average molecular weight is 469 g/mol. The van der Waals surface area contributed by atoms with Crippen molar-refractivity contribution in [2.45, 2.75) is 32.8 Å². The highest BCUT2D eigenvalue weighted by Crippen LogP contribution is 2.40. The van der Waals surface area contributed by atoms with E-state index in [1.165, 1.54) is 25.3 Å². The summed E-state index contributed by atoms with van der Waals surface area (Å²) >= 11 is 1.56. The Morgan fingerprint density at radius 3 is 2.45 bits per heavy atom. The van der Waals surface area contributed by atoms with Crippen molar-refractivity contribution in [2.75, 3.05) is 7.11 Å². The number of ether oxygens (including phenoxy) is 2. The van der Waals surface area contributed by atoms with Gasteiger partial charge >= 0.3 is 11.9 Å². The molecule has 2 unspecified atom stereocenters. The molecule has 1 N–H and O–H groups in total. The number of hydrogen-bond acceptors (Lipinski definition) is 8. The Labute approximate surface area is 195 Å². The molecule has 0 saturated heterocycles. The van der Waals surface area contributed by atoms with Gasteiger partial charge in [0.1, 0.15) is 6.10 Å². The van der Waals surface area contributed by atoms with E-state index in [0.717, 1.165) is 4.88 Å². The molecule has 1 aromatic heterocycles. The Bertz CT molecular complexity index is 1160. The molecule has 2 aromatic rings. The quantitative estimate of drug-likeness (QED) is 0.356. The number of hydrogen-bond donors (Lipinski definition) is 1. The molecule has 33 heavy (non-hydrogen) atoms. The van der Waals surface area contributed by atoms with Crippen LogP contribution in [0.15, 0.2) is 70.4 Å². The monoisotopic (exact) mass is 468 g/mol. The van der Waals surface area contributed by atoms with Crippen molar-refractivity contribution in [1.29, 1.82) is 0 Å². The number of carbonyl (C=O) groups is 2. The highest BCUT2D eigenvalue weighted by Gasteiger charge is 2.38. The van der Waals surface area contributed by atoms with Gasteiger partial charge in [0.25, 0.3) is 5.69 Å². The Morgan fingerprint density at radius 1 is 1.15 bits per heavy atom. The molecule has 8 nitrogen and oxygen atoms in total. The lowest BCUT2D eigenvalue weighted by Gasteiger charge is -2.30. The van der Waals surface area contributed by atoms with Crippen molar-refractivity contribution in [1.82, 2.24) is 5.32 Å². The van der Waals surface area contributed by atoms with Crippen LogP contribution in [-0.2, 0) is 19.1 Å². The van der Waals surface area contributed by atoms with Crippen molar-refractivity contribution < 1.29 is 24.0 Å². The molecule has 0 radical (unpaired) electrons. The summed E-state index contributed by atoms with van der Waals surface area (Å²) in [5, 5.41) is 16.3. The summed E-state index contributed by atoms with van der Waals surface area (Å²) in [4.78, 5) is 37.8. The second-order valence-corrected chi connectivity index (χ2v) is 8.44. The number of benzene rings is 1. The highest BCUT2D eigenvalue weighted by atomic mass is 32.1. The number of nitrogens with zero attached hydrogens (tertiary/aromatic N) is 1. The van der Waals surface area contributed by atoms with Gasteiger partial charge in [-0.15, -0.1) is 11.3 Å². The van der Waals surface area contributed by atoms with E-state index in [2.05, 4.69) is 5.32 Å². The molecule has 0 aliphatic carbocycles. The largest absolute Gasteiger partial charge is 0.466 e. The summed E-state index contributed by atoms with van der Waals surface area (Å²) in [5.74, 6) is -2.16. The topological polar surface area (TPSA) is 108 Å². The Morgan fingerprint density at radius 2 is 1.85 bits per heavy atom. The molecule has 172 valence electrons. The van der Waals surface area contributed by atoms with Crippen LogP contribution in [0.3, 0.4) is 0 Å². The number of thiophene rings is 1. The van der Waals surface area contributed by atoms with Gasteiger partial charge in [0, 0.05) is 28.4 Å². The number of dihydropyridines is 1. The molecule has 3 rings (SSSR count). The molecule has 2 heterocycles. The van der Waals surface area contributed by atoms with E-state index in [-0.39, 0.29) is 16.8 Å². The fraction of sp³-hybridized carbons (Fsp3) is 0.250. The van der Waals surface area contributed by atoms with E-state index in [4.69, 9.17) is 9.47 Å². The van der Waals surface area contributed by atoms with E-state index in [1.807, 2.05) is 23.6 Å². The number of carbonyl (C=O) groups excluding carboxylic acids is 2. The lowest BCUT2D eigenvalue weighted by molar-refractivity contribution is -0.384. The van der Waals surface area contributed by atoms with Crippen LogP contribution in [0.2, 0.25) is 0 Å². The molecular weight excluding hydrogens is 444 g/mol. The molecule has 0 amide bonds. The minimum atomic E-state index is -0.889. The zero-order valence-corrected chi connectivity index (χ0v) is 19.5. The lowest BCUT2D eigenvalue weighted by Crippen LogP contribution is -2.33. The third-order valence-electron chi connectivity index (χ3n) is 5.17. The molecule has 1 aliphatic rings. The third kappa shape index (κ3) is 5.38. The number of esters is 2. The summed E-state index contributed by atoms with van der Waals surface area (Å²) in [6, 6.07) is 9.74. The zero-order valence-electron chi connectivity index (χ0n) is 18.7. The van der Waals surface area contributed by atoms with Crippen LogP contribution in [0, 0.1) is 10.1 Å². The summed E-state index contributed by atoms with van der Waals surface area (Å²) in [7, 11) is 1.24. The molecule has 0 saturated carbocycles. The first-order valence-electron chi connectivity index (χ1n) is 10.2. The smallest absolute Gasteiger partial charge is 0.337 e. The number of non-ortho nitro benzene ring substituents is 1. The highest BCUT2D eigenvalue weighted by molar-refractivity contribution is 7.10. The van der Waals surface area contributed by atoms with Crippen molar-refractivity contribution in [3.8, 4) is 0 Å². The molecule has 0 spiro atoms. The van der Waals surface area contributed by atoms with Crippen LogP contribution < -0.4 is 5.32 Å². The van der Waals surface area contributed by atoms with E-state index >= 15 is 0 Å². The number of nitrogens with one attached hydrogen (secondary N) is 1. The second-order valence-electron chi connectivity index (χ2n) is 7.46. The molecule has 0 fully saturated rings. The van der Waals surface area contributed by atoms with Gasteiger partial charge in [-0.2, -0.15) is 0 Å². The minimum absolute atomic E-state index is 0.148. The SMILES string of the molecule is COC(=O)C1=C(C)NC(C)=C(C(=O)OC(C)C=Cc2cccs2)C1c1cccc([N+](=O)[O-])c1. The van der Waals surface area contributed by atoms with Crippen LogP contribution in [0.1, 0.15) is 37.1 Å². The fourth-order valence-corrected chi connectivity index (χ4v) is 4.31. The van der Waals surface area contributed by atoms with Crippen molar-refractivity contribution in [3.63, 3.8) is 0 Å². The Kier molecular flexibility index (Phi) is 7.44. The van der Waals surface area contributed by atoms with Crippen molar-refractivity contribution in [2.24, 2.45) is 0 Å². The number of nitro groups is 1. The molecule has 9 heteroatoms. The van der Waals surface area contributed by atoms with Gasteiger partial charge in [0.15, 0.2) is 0 Å². The maximum Gasteiger partial charge on any atom is 0.337 e. The maximum absolute atomic E-state index is 13.3. The fourth-order valence-electron chi connectivity index (χ4n) is 3.68. The normalized spacial score (nSPS) is 17.0. The Balaban J connectivity index is 2.00. The van der Waals surface area contributed by atoms with Crippen LogP contribution in [0.4, 0.5) is 5.69 Å². The van der Waals surface area contributed by atoms with Crippen LogP contribution >= 0.6 is 11.3 Å². The number of allylic oxidation sites excluding steroid dienone is 2. The first-order chi connectivity index (χ1) is 15.7. The number of methoxy groups -OCH3 is 1. The van der Waals surface area contributed by atoms with Gasteiger partial charge in [-0.1, -0.05) is 18.2 Å². The van der Waals surface area contributed by atoms with E-state index in [9.17, 15) is 19.7 Å². The van der Waals surface area contributed by atoms with Crippen molar-refractivity contribution in [3.05, 3.63) is 90.9 Å². The lowest BCUT2D eigenvalue weighted by atomic mass is 9.80. The van der Waals surface area contributed by atoms with Gasteiger partial charge in [-0.05, 0) is 49.9 Å². The average Bonchev–Trinajstić information content (AvgIpc) is 3.30. The predicted molar refractivity (Wildman–Crippen MR) is 125 cm³/mol. The molecule has 1 aromatic carbocycles. The van der Waals surface area contributed by atoms with Gasteiger partial charge in [-0.3, -0.25) is 10.1 Å². The van der Waals surface area contributed by atoms with E-state index in [1.54, 1.807) is 44.3 Å². The zero-order chi connectivity index (χ0) is 24.1. The molecular formula is C24H24N2O6S. The van der Waals surface area contributed by atoms with Gasteiger partial charge in [0.05, 0.1) is 29.1 Å². The van der Waals surface area contributed by atoms with Gasteiger partial charge in [0.2, 0.25) is 0 Å². The summed E-state index contributed by atoms with van der Waals surface area (Å²) in [5.41, 5.74) is 1.65.